The van der Waals surface area contributed by atoms with Gasteiger partial charge >= 0.3 is 5.97 Å². The number of halogens is 2. The normalized spacial score (nSPS) is 10.3. The van der Waals surface area contributed by atoms with Crippen molar-refractivity contribution in [1.82, 2.24) is 0 Å². The van der Waals surface area contributed by atoms with E-state index in [1.165, 1.54) is 0 Å². The second-order valence-electron chi connectivity index (χ2n) is 5.82. The first-order valence-corrected chi connectivity index (χ1v) is 8.63. The average molecular weight is 396 g/mol. The highest BCUT2D eigenvalue weighted by Crippen LogP contribution is 2.29. The lowest BCUT2D eigenvalue weighted by Crippen LogP contribution is -2.24. The molecule has 0 aliphatic carbocycles. The first-order valence-electron chi connectivity index (χ1n) is 7.88. The fourth-order valence-electron chi connectivity index (χ4n) is 2.51. The molecule has 0 saturated carbocycles. The zero-order valence-electron chi connectivity index (χ0n) is 14.7. The molecule has 2 rings (SSSR count). The van der Waals surface area contributed by atoms with Crippen LogP contribution in [-0.2, 0) is 14.3 Å². The Morgan fingerprint density at radius 1 is 1.00 bits per heavy atom. The summed E-state index contributed by atoms with van der Waals surface area (Å²) in [4.78, 5) is 23.7. The van der Waals surface area contributed by atoms with E-state index in [2.05, 4.69) is 5.32 Å². The summed E-state index contributed by atoms with van der Waals surface area (Å²) in [7, 11) is 0. The van der Waals surface area contributed by atoms with E-state index in [4.69, 9.17) is 32.7 Å². The van der Waals surface area contributed by atoms with Crippen LogP contribution in [0.5, 0.6) is 5.75 Å². The van der Waals surface area contributed by atoms with Crippen LogP contribution in [0.1, 0.15) is 16.7 Å². The van der Waals surface area contributed by atoms with Crippen molar-refractivity contribution in [2.45, 2.75) is 20.8 Å². The average Bonchev–Trinajstić information content (AvgIpc) is 2.55. The molecule has 0 heterocycles. The van der Waals surface area contributed by atoms with Gasteiger partial charge < -0.3 is 14.8 Å². The third-order valence-electron chi connectivity index (χ3n) is 3.53. The van der Waals surface area contributed by atoms with Crippen molar-refractivity contribution in [3.63, 3.8) is 0 Å². The van der Waals surface area contributed by atoms with Crippen LogP contribution in [-0.4, -0.2) is 25.1 Å². The number of nitrogens with one attached hydrogen (secondary N) is 1. The van der Waals surface area contributed by atoms with Crippen LogP contribution in [0.15, 0.2) is 30.3 Å². The molecule has 0 unspecified atom stereocenters. The van der Waals surface area contributed by atoms with E-state index in [-0.39, 0.29) is 12.3 Å². The third kappa shape index (κ3) is 5.38. The van der Waals surface area contributed by atoms with Gasteiger partial charge in [-0.1, -0.05) is 47.0 Å². The number of ether oxygens (including phenoxy) is 2. The standard InChI is InChI=1S/C19H19Cl2NO4/c1-11-7-12(2)19(13(3)8-11)26-10-17(24)25-9-16(23)22-18-14(20)5-4-6-15(18)21/h4-8H,9-10H2,1-3H3,(H,22,23). The molecule has 2 aromatic carbocycles. The Bertz CT molecular complexity index is 793. The maximum atomic E-state index is 11.9. The second kappa shape index (κ2) is 8.92. The van der Waals surface area contributed by atoms with Crippen LogP contribution in [0, 0.1) is 20.8 Å². The van der Waals surface area contributed by atoms with E-state index >= 15 is 0 Å². The predicted octanol–water partition coefficient (Wildman–Crippen LogP) is 4.48. The van der Waals surface area contributed by atoms with Crippen molar-refractivity contribution in [3.05, 3.63) is 57.1 Å². The Morgan fingerprint density at radius 3 is 2.15 bits per heavy atom. The molecular formula is C19H19Cl2NO4. The highest BCUT2D eigenvalue weighted by molar-refractivity contribution is 6.39. The SMILES string of the molecule is Cc1cc(C)c(OCC(=O)OCC(=O)Nc2c(Cl)cccc2Cl)c(C)c1. The molecule has 0 saturated heterocycles. The second-order valence-corrected chi connectivity index (χ2v) is 6.64. The van der Waals surface area contributed by atoms with Gasteiger partial charge in [-0.05, 0) is 44.0 Å². The van der Waals surface area contributed by atoms with Crippen molar-refractivity contribution in [1.29, 1.82) is 0 Å². The summed E-state index contributed by atoms with van der Waals surface area (Å²) in [5, 5.41) is 3.11. The number of para-hydroxylation sites is 1. The summed E-state index contributed by atoms with van der Waals surface area (Å²) < 4.78 is 10.4. The molecule has 0 fully saturated rings. The Morgan fingerprint density at radius 2 is 1.58 bits per heavy atom. The number of aryl methyl sites for hydroxylation is 3. The van der Waals surface area contributed by atoms with Crippen LogP contribution in [0.25, 0.3) is 0 Å². The summed E-state index contributed by atoms with van der Waals surface area (Å²) >= 11 is 11.9. The van der Waals surface area contributed by atoms with Gasteiger partial charge in [0.25, 0.3) is 5.91 Å². The number of benzene rings is 2. The molecule has 0 atom stereocenters. The Labute approximate surface area is 162 Å². The molecule has 5 nitrogen and oxygen atoms in total. The third-order valence-corrected chi connectivity index (χ3v) is 4.16. The van der Waals surface area contributed by atoms with E-state index in [1.807, 2.05) is 32.9 Å². The Kier molecular flexibility index (Phi) is 6.89. The fourth-order valence-corrected chi connectivity index (χ4v) is 3.00. The fraction of sp³-hybridized carbons (Fsp3) is 0.263. The molecule has 0 aliphatic heterocycles. The molecule has 2 aromatic rings. The Hall–Kier alpha value is -2.24. The largest absolute Gasteiger partial charge is 0.481 e. The lowest BCUT2D eigenvalue weighted by atomic mass is 10.1. The van der Waals surface area contributed by atoms with Gasteiger partial charge in [-0.3, -0.25) is 4.79 Å². The lowest BCUT2D eigenvalue weighted by molar-refractivity contribution is -0.149. The number of carbonyl (C=O) groups excluding carboxylic acids is 2. The van der Waals surface area contributed by atoms with Crippen molar-refractivity contribution in [2.24, 2.45) is 0 Å². The molecule has 0 aromatic heterocycles. The number of carbonyl (C=O) groups is 2. The van der Waals surface area contributed by atoms with E-state index in [0.717, 1.165) is 16.7 Å². The zero-order chi connectivity index (χ0) is 19.3. The van der Waals surface area contributed by atoms with Gasteiger partial charge in [0.05, 0.1) is 15.7 Å². The van der Waals surface area contributed by atoms with Gasteiger partial charge in [0.2, 0.25) is 0 Å². The van der Waals surface area contributed by atoms with Crippen LogP contribution in [0.2, 0.25) is 10.0 Å². The minimum atomic E-state index is -0.648. The zero-order valence-corrected chi connectivity index (χ0v) is 16.2. The number of hydrogen-bond acceptors (Lipinski definition) is 4. The molecular weight excluding hydrogens is 377 g/mol. The molecule has 0 aliphatic rings. The number of hydrogen-bond donors (Lipinski definition) is 1. The maximum Gasteiger partial charge on any atom is 0.344 e. The highest BCUT2D eigenvalue weighted by Gasteiger charge is 2.13. The summed E-state index contributed by atoms with van der Waals surface area (Å²) in [6, 6.07) is 8.78. The van der Waals surface area contributed by atoms with Crippen LogP contribution < -0.4 is 10.1 Å². The molecule has 0 bridgehead atoms. The summed E-state index contributed by atoms with van der Waals surface area (Å²) in [6.07, 6.45) is 0. The molecule has 1 N–H and O–H groups in total. The molecule has 0 radical (unpaired) electrons. The molecule has 26 heavy (non-hydrogen) atoms. The smallest absolute Gasteiger partial charge is 0.344 e. The number of rotatable bonds is 6. The number of anilines is 1. The predicted molar refractivity (Wildman–Crippen MR) is 102 cm³/mol. The van der Waals surface area contributed by atoms with Crippen LogP contribution in [0.3, 0.4) is 0 Å². The number of amides is 1. The van der Waals surface area contributed by atoms with Crippen molar-refractivity contribution in [2.75, 3.05) is 18.5 Å². The van der Waals surface area contributed by atoms with E-state index in [9.17, 15) is 9.59 Å². The van der Waals surface area contributed by atoms with E-state index < -0.39 is 18.5 Å². The molecule has 1 amide bonds. The van der Waals surface area contributed by atoms with Gasteiger partial charge in [0.1, 0.15) is 5.75 Å². The molecule has 138 valence electrons. The topological polar surface area (TPSA) is 64.6 Å². The highest BCUT2D eigenvalue weighted by atomic mass is 35.5. The molecule has 0 spiro atoms. The van der Waals surface area contributed by atoms with Gasteiger partial charge in [-0.2, -0.15) is 0 Å². The first kappa shape index (κ1) is 20.1. The summed E-state index contributed by atoms with van der Waals surface area (Å²) in [5.41, 5.74) is 3.26. The van der Waals surface area contributed by atoms with Crippen LogP contribution in [0.4, 0.5) is 5.69 Å². The summed E-state index contributed by atoms with van der Waals surface area (Å²) in [6.45, 7) is 5.05. The van der Waals surface area contributed by atoms with Gasteiger partial charge in [-0.25, -0.2) is 4.79 Å². The number of esters is 1. The van der Waals surface area contributed by atoms with E-state index in [1.54, 1.807) is 18.2 Å². The monoisotopic (exact) mass is 395 g/mol. The van der Waals surface area contributed by atoms with Crippen molar-refractivity contribution < 1.29 is 19.1 Å². The minimum absolute atomic E-state index is 0.277. The molecule has 7 heteroatoms. The quantitative estimate of drug-likeness (QED) is 0.732. The maximum absolute atomic E-state index is 11.9. The summed E-state index contributed by atoms with van der Waals surface area (Å²) in [5.74, 6) is -0.555. The minimum Gasteiger partial charge on any atom is -0.481 e. The van der Waals surface area contributed by atoms with Gasteiger partial charge in [-0.15, -0.1) is 0 Å². The van der Waals surface area contributed by atoms with Gasteiger partial charge in [0.15, 0.2) is 13.2 Å². The van der Waals surface area contributed by atoms with E-state index in [0.29, 0.717) is 15.8 Å². The Balaban J connectivity index is 1.85. The van der Waals surface area contributed by atoms with Crippen LogP contribution >= 0.6 is 23.2 Å². The van der Waals surface area contributed by atoms with Crippen molar-refractivity contribution >= 4 is 40.8 Å². The van der Waals surface area contributed by atoms with Crippen molar-refractivity contribution in [3.8, 4) is 5.75 Å². The first-order chi connectivity index (χ1) is 12.3. The lowest BCUT2D eigenvalue weighted by Gasteiger charge is -2.13. The van der Waals surface area contributed by atoms with Gasteiger partial charge in [0, 0.05) is 0 Å².